The Morgan fingerprint density at radius 3 is 2.33 bits per heavy atom. The van der Waals surface area contributed by atoms with E-state index in [9.17, 15) is 14.7 Å². The van der Waals surface area contributed by atoms with Gasteiger partial charge in [-0.05, 0) is 56.4 Å². The van der Waals surface area contributed by atoms with Crippen LogP contribution in [0.3, 0.4) is 0 Å². The van der Waals surface area contributed by atoms with Crippen LogP contribution in [0.15, 0.2) is 54.0 Å². The summed E-state index contributed by atoms with van der Waals surface area (Å²) in [5.74, 6) is -1.11. The number of carbonyl (C=O) groups is 2. The first-order chi connectivity index (χ1) is 15.5. The largest absolute Gasteiger partial charge is 0.492 e. The van der Waals surface area contributed by atoms with Crippen LogP contribution < -0.4 is 11.1 Å². The van der Waals surface area contributed by atoms with Crippen LogP contribution >= 0.6 is 0 Å². The second-order valence-corrected chi connectivity index (χ2v) is 8.87. The van der Waals surface area contributed by atoms with Gasteiger partial charge in [-0.1, -0.05) is 42.5 Å². The van der Waals surface area contributed by atoms with Crippen molar-refractivity contribution in [1.29, 1.82) is 0 Å². The number of benzene rings is 2. The molecule has 0 unspecified atom stereocenters. The molecule has 0 bridgehead atoms. The first kappa shape index (κ1) is 24.3. The van der Waals surface area contributed by atoms with Gasteiger partial charge < -0.3 is 30.2 Å². The van der Waals surface area contributed by atoms with Crippen LogP contribution in [0.5, 0.6) is 0 Å². The van der Waals surface area contributed by atoms with Gasteiger partial charge in [0.15, 0.2) is 0 Å². The number of nitrogen functional groups attached to an aromatic ring is 1. The number of anilines is 1. The third-order valence-electron chi connectivity index (χ3n) is 5.85. The van der Waals surface area contributed by atoms with Gasteiger partial charge in [0.1, 0.15) is 6.61 Å². The van der Waals surface area contributed by atoms with Crippen molar-refractivity contribution < 1.29 is 28.7 Å². The number of ether oxygens (including phenoxy) is 1. The second-order valence-electron chi connectivity index (χ2n) is 8.87. The highest BCUT2D eigenvalue weighted by Crippen LogP contribution is 2.39. The molecule has 3 rings (SSSR count). The van der Waals surface area contributed by atoms with Crippen LogP contribution in [0, 0.1) is 0 Å². The average Bonchev–Trinajstić information content (AvgIpc) is 2.97. The molecule has 1 amide bonds. The third kappa shape index (κ3) is 5.94. The van der Waals surface area contributed by atoms with E-state index in [-0.39, 0.29) is 18.7 Å². The Morgan fingerprint density at radius 1 is 1.09 bits per heavy atom. The molecule has 0 aliphatic carbocycles. The van der Waals surface area contributed by atoms with Gasteiger partial charge in [-0.3, -0.25) is 0 Å². The number of carboxylic acid groups (broad SMARTS) is 1. The van der Waals surface area contributed by atoms with E-state index < -0.39 is 30.4 Å². The predicted molar refractivity (Wildman–Crippen MR) is 127 cm³/mol. The van der Waals surface area contributed by atoms with Crippen molar-refractivity contribution >= 4 is 30.9 Å². The van der Waals surface area contributed by atoms with Gasteiger partial charge in [0.05, 0.1) is 16.8 Å². The summed E-state index contributed by atoms with van der Waals surface area (Å²) in [7, 11) is -0.788. The molecule has 174 valence electrons. The maximum absolute atomic E-state index is 12.3. The molecule has 0 spiro atoms. The van der Waals surface area contributed by atoms with Crippen molar-refractivity contribution in [2.24, 2.45) is 0 Å². The van der Waals surface area contributed by atoms with Crippen molar-refractivity contribution in [3.63, 3.8) is 0 Å². The van der Waals surface area contributed by atoms with Crippen LogP contribution in [0.2, 0.25) is 0 Å². The van der Waals surface area contributed by atoms with E-state index in [0.717, 1.165) is 5.56 Å². The lowest BCUT2D eigenvalue weighted by molar-refractivity contribution is 0.00578. The summed E-state index contributed by atoms with van der Waals surface area (Å²) in [6, 6.07) is 13.9. The minimum Gasteiger partial charge on any atom is -0.478 e. The van der Waals surface area contributed by atoms with Crippen LogP contribution in [-0.2, 0) is 20.7 Å². The fourth-order valence-corrected chi connectivity index (χ4v) is 3.23. The standard InChI is InChI=1S/C24H29BN2O6/c1-23(2)24(3,4)33-25(32-23)18(12-17-10-11-19(26)13-20(17)21(28)29)14-27-22(30)31-15-16-8-6-5-7-9-16/h5-13H,14-15,26H2,1-4H3,(H,27,30)(H,28,29). The molecule has 4 N–H and O–H groups in total. The average molecular weight is 452 g/mol. The van der Waals surface area contributed by atoms with Crippen molar-refractivity contribution in [2.45, 2.75) is 45.5 Å². The van der Waals surface area contributed by atoms with Gasteiger partial charge in [-0.25, -0.2) is 9.59 Å². The molecule has 0 saturated carbocycles. The molecule has 0 radical (unpaired) electrons. The second kappa shape index (κ2) is 9.68. The van der Waals surface area contributed by atoms with E-state index in [1.165, 1.54) is 6.07 Å². The van der Waals surface area contributed by atoms with E-state index in [1.54, 1.807) is 18.2 Å². The number of nitrogens with one attached hydrogen (secondary N) is 1. The summed E-state index contributed by atoms with van der Waals surface area (Å²) in [5, 5.41) is 12.3. The summed E-state index contributed by atoms with van der Waals surface area (Å²) < 4.78 is 17.5. The van der Waals surface area contributed by atoms with Gasteiger partial charge in [-0.15, -0.1) is 0 Å². The number of aromatic carboxylic acids is 1. The van der Waals surface area contributed by atoms with E-state index in [4.69, 9.17) is 19.8 Å². The molecular weight excluding hydrogens is 423 g/mol. The van der Waals surface area contributed by atoms with Gasteiger partial charge in [-0.2, -0.15) is 0 Å². The Balaban J connectivity index is 1.82. The quantitative estimate of drug-likeness (QED) is 0.430. The van der Waals surface area contributed by atoms with Crippen LogP contribution in [-0.4, -0.2) is 42.0 Å². The number of hydrogen-bond donors (Lipinski definition) is 3. The molecule has 1 aliphatic heterocycles. The minimum absolute atomic E-state index is 0.0356. The predicted octanol–water partition coefficient (Wildman–Crippen LogP) is 3.91. The molecule has 1 aliphatic rings. The molecule has 0 aromatic heterocycles. The van der Waals surface area contributed by atoms with Crippen molar-refractivity contribution in [3.8, 4) is 0 Å². The minimum atomic E-state index is -1.11. The molecular formula is C24H29BN2O6. The lowest BCUT2D eigenvalue weighted by Crippen LogP contribution is -2.41. The maximum Gasteiger partial charge on any atom is 0.492 e. The fourth-order valence-electron chi connectivity index (χ4n) is 3.23. The normalized spacial score (nSPS) is 17.0. The van der Waals surface area contributed by atoms with Gasteiger partial charge in [0.25, 0.3) is 0 Å². The van der Waals surface area contributed by atoms with Crippen LogP contribution in [0.1, 0.15) is 49.2 Å². The number of hydrogen-bond acceptors (Lipinski definition) is 6. The third-order valence-corrected chi connectivity index (χ3v) is 5.85. The highest BCUT2D eigenvalue weighted by Gasteiger charge is 2.52. The van der Waals surface area contributed by atoms with Gasteiger partial charge >= 0.3 is 19.2 Å². The van der Waals surface area contributed by atoms with Crippen LogP contribution in [0.4, 0.5) is 10.5 Å². The number of carboxylic acids is 1. The molecule has 2 aromatic rings. The molecule has 8 nitrogen and oxygen atoms in total. The Labute approximate surface area is 193 Å². The first-order valence-electron chi connectivity index (χ1n) is 10.6. The van der Waals surface area contributed by atoms with Gasteiger partial charge in [0, 0.05) is 12.2 Å². The monoisotopic (exact) mass is 452 g/mol. The number of amides is 1. The Hall–Kier alpha value is -3.30. The first-order valence-corrected chi connectivity index (χ1v) is 10.6. The lowest BCUT2D eigenvalue weighted by Gasteiger charge is -2.32. The smallest absolute Gasteiger partial charge is 0.478 e. The maximum atomic E-state index is 12.3. The van der Waals surface area contributed by atoms with Gasteiger partial charge in [0.2, 0.25) is 0 Å². The molecule has 1 saturated heterocycles. The van der Waals surface area contributed by atoms with E-state index in [1.807, 2.05) is 58.0 Å². The Kier molecular flexibility index (Phi) is 7.14. The van der Waals surface area contributed by atoms with E-state index >= 15 is 0 Å². The van der Waals surface area contributed by atoms with Crippen LogP contribution in [0.25, 0.3) is 6.08 Å². The number of nitrogens with two attached hydrogens (primary N) is 1. The Morgan fingerprint density at radius 2 is 1.73 bits per heavy atom. The van der Waals surface area contributed by atoms with E-state index in [0.29, 0.717) is 16.7 Å². The zero-order valence-corrected chi connectivity index (χ0v) is 19.3. The summed E-state index contributed by atoms with van der Waals surface area (Å²) in [4.78, 5) is 24.0. The summed E-state index contributed by atoms with van der Waals surface area (Å²) in [5.41, 5.74) is 6.74. The lowest BCUT2D eigenvalue weighted by atomic mass is 9.76. The molecule has 1 heterocycles. The topological polar surface area (TPSA) is 120 Å². The summed E-state index contributed by atoms with van der Waals surface area (Å²) in [6.07, 6.45) is 1.03. The highest BCUT2D eigenvalue weighted by molar-refractivity contribution is 6.56. The number of carbonyl (C=O) groups excluding carboxylic acids is 1. The highest BCUT2D eigenvalue weighted by atomic mass is 16.7. The molecule has 9 heteroatoms. The molecule has 1 fully saturated rings. The molecule has 33 heavy (non-hydrogen) atoms. The molecule has 2 aromatic carbocycles. The summed E-state index contributed by atoms with van der Waals surface area (Å²) >= 11 is 0. The molecule has 0 atom stereocenters. The zero-order chi connectivity index (χ0) is 24.2. The van der Waals surface area contributed by atoms with E-state index in [2.05, 4.69) is 5.32 Å². The van der Waals surface area contributed by atoms with Crippen molar-refractivity contribution in [1.82, 2.24) is 5.32 Å². The fraction of sp³-hybridized carbons (Fsp3) is 0.333. The summed E-state index contributed by atoms with van der Waals surface area (Å²) in [6.45, 7) is 7.82. The zero-order valence-electron chi connectivity index (χ0n) is 19.3. The number of alkyl carbamates (subject to hydrolysis) is 1. The Bertz CT molecular complexity index is 1040. The van der Waals surface area contributed by atoms with Crippen molar-refractivity contribution in [2.75, 3.05) is 12.3 Å². The SMILES string of the molecule is CC1(C)OB(C(=Cc2ccc(N)cc2C(=O)O)CNC(=O)OCc2ccccc2)OC1(C)C. The van der Waals surface area contributed by atoms with Crippen molar-refractivity contribution in [3.05, 3.63) is 70.7 Å². The number of rotatable bonds is 7.